The van der Waals surface area contributed by atoms with Crippen LogP contribution in [0.3, 0.4) is 0 Å². The van der Waals surface area contributed by atoms with Crippen LogP contribution in [-0.4, -0.2) is 112 Å². The second-order valence-corrected chi connectivity index (χ2v) is 12.7. The quantitative estimate of drug-likeness (QED) is 0.259. The topological polar surface area (TPSA) is 114 Å². The second-order valence-electron chi connectivity index (χ2n) is 12.7. The van der Waals surface area contributed by atoms with Gasteiger partial charge in [0.2, 0.25) is 11.8 Å². The lowest BCUT2D eigenvalue weighted by atomic mass is 9.95. The number of amides is 2. The number of nitrogens with zero attached hydrogens (tertiary/aromatic N) is 7. The summed E-state index contributed by atoms with van der Waals surface area (Å²) < 4.78 is 13.5. The van der Waals surface area contributed by atoms with Gasteiger partial charge >= 0.3 is 0 Å². The second kappa shape index (κ2) is 13.1. The van der Waals surface area contributed by atoms with Gasteiger partial charge in [0, 0.05) is 79.6 Å². The number of piperazine rings is 1. The predicted octanol–water partition coefficient (Wildman–Crippen LogP) is 4.12. The van der Waals surface area contributed by atoms with E-state index < -0.39 is 5.54 Å². The van der Waals surface area contributed by atoms with Crippen molar-refractivity contribution < 1.29 is 14.0 Å². The fourth-order valence-electron chi connectivity index (χ4n) is 6.70. The molecule has 0 spiro atoms. The molecule has 1 unspecified atom stereocenters. The van der Waals surface area contributed by atoms with Crippen molar-refractivity contribution in [3.63, 3.8) is 0 Å². The summed E-state index contributed by atoms with van der Waals surface area (Å²) in [6, 6.07) is 21.8. The number of anilines is 2. The number of aromatic amines is 1. The van der Waals surface area contributed by atoms with E-state index in [0.29, 0.717) is 49.8 Å². The average Bonchev–Trinajstić information content (AvgIpc) is 3.74. The largest absolute Gasteiger partial charge is 0.368 e. The predicted molar refractivity (Wildman–Crippen MR) is 184 cm³/mol. The Morgan fingerprint density at radius 3 is 2.33 bits per heavy atom. The lowest BCUT2D eigenvalue weighted by Gasteiger charge is -2.37. The molecule has 0 saturated carbocycles. The summed E-state index contributed by atoms with van der Waals surface area (Å²) in [7, 11) is 3.82. The highest BCUT2D eigenvalue weighted by Crippen LogP contribution is 2.31. The average molecular weight is 648 g/mol. The Morgan fingerprint density at radius 1 is 0.917 bits per heavy atom. The number of carbonyl (C=O) groups excluding carboxylic acids is 2. The molecule has 12 heteroatoms. The number of fused-ring (bicyclic) bond motifs is 1. The minimum absolute atomic E-state index is 0.0833. The molecule has 11 nitrogen and oxygen atoms in total. The van der Waals surface area contributed by atoms with Gasteiger partial charge in [-0.3, -0.25) is 24.5 Å². The van der Waals surface area contributed by atoms with Crippen molar-refractivity contribution in [2.75, 3.05) is 70.1 Å². The van der Waals surface area contributed by atoms with E-state index in [1.54, 1.807) is 30.6 Å². The summed E-state index contributed by atoms with van der Waals surface area (Å²) in [5.74, 6) is 0.352. The zero-order chi connectivity index (χ0) is 33.3. The van der Waals surface area contributed by atoms with E-state index >= 15 is 0 Å². The van der Waals surface area contributed by atoms with Crippen molar-refractivity contribution in [3.05, 3.63) is 91.0 Å². The lowest BCUT2D eigenvalue weighted by Crippen LogP contribution is -2.56. The standard InChI is InChI=1S/C36H38FN9O2/c1-43(2)36(35(48)40-28-10-13-31-30(22-28)33(42-41-31)25-4-8-27(37)9-5-25)14-17-44(24-36)23-32(47)46-20-18-45(19-21-46)29-11-6-26(7-12-29)34-38-15-3-16-39-34/h3-13,15-16,22H,14,17-21,23-24H2,1-2H3,(H,40,48)(H,41,42). The van der Waals surface area contributed by atoms with Gasteiger partial charge in [-0.1, -0.05) is 0 Å². The van der Waals surface area contributed by atoms with E-state index in [4.69, 9.17) is 0 Å². The Kier molecular flexibility index (Phi) is 8.59. The molecular formula is C36H38FN9O2. The Morgan fingerprint density at radius 2 is 1.62 bits per heavy atom. The van der Waals surface area contributed by atoms with Crippen LogP contribution in [0.4, 0.5) is 15.8 Å². The number of nitrogens with one attached hydrogen (secondary N) is 2. The number of halogens is 1. The highest BCUT2D eigenvalue weighted by atomic mass is 19.1. The van der Waals surface area contributed by atoms with Crippen LogP contribution in [-0.2, 0) is 9.59 Å². The molecule has 5 aromatic rings. The molecule has 0 bridgehead atoms. The molecule has 3 aromatic carbocycles. The highest BCUT2D eigenvalue weighted by Gasteiger charge is 2.47. The smallest absolute Gasteiger partial charge is 0.246 e. The van der Waals surface area contributed by atoms with Crippen LogP contribution in [0.15, 0.2) is 85.2 Å². The molecule has 246 valence electrons. The molecule has 2 aromatic heterocycles. The molecule has 7 rings (SSSR count). The Hall–Kier alpha value is -5.20. The molecule has 0 radical (unpaired) electrons. The number of likely N-dealkylation sites (tertiary alicyclic amines) is 1. The van der Waals surface area contributed by atoms with Crippen molar-refractivity contribution in [1.82, 2.24) is 34.9 Å². The summed E-state index contributed by atoms with van der Waals surface area (Å²) >= 11 is 0. The summed E-state index contributed by atoms with van der Waals surface area (Å²) in [5.41, 5.74) is 4.22. The van der Waals surface area contributed by atoms with E-state index in [-0.39, 0.29) is 24.2 Å². The third kappa shape index (κ3) is 6.24. The molecule has 48 heavy (non-hydrogen) atoms. The SMILES string of the molecule is CN(C)C1(C(=O)Nc2ccc3[nH]nc(-c4ccc(F)cc4)c3c2)CCN(CC(=O)N2CCN(c3ccc(-c4ncccn4)cc3)CC2)C1. The molecule has 2 amide bonds. The van der Waals surface area contributed by atoms with E-state index in [9.17, 15) is 14.0 Å². The maximum absolute atomic E-state index is 13.9. The van der Waals surface area contributed by atoms with E-state index in [0.717, 1.165) is 40.8 Å². The molecule has 2 fully saturated rings. The van der Waals surface area contributed by atoms with Crippen molar-refractivity contribution in [2.24, 2.45) is 0 Å². The van der Waals surface area contributed by atoms with Crippen LogP contribution in [0.2, 0.25) is 0 Å². The van der Waals surface area contributed by atoms with Crippen LogP contribution < -0.4 is 10.2 Å². The van der Waals surface area contributed by atoms with Gasteiger partial charge in [0.05, 0.1) is 17.8 Å². The van der Waals surface area contributed by atoms with Crippen LogP contribution in [0.25, 0.3) is 33.5 Å². The summed E-state index contributed by atoms with van der Waals surface area (Å²) in [6.45, 7) is 4.16. The van der Waals surface area contributed by atoms with Gasteiger partial charge in [-0.05, 0) is 93.3 Å². The molecule has 1 atom stereocenters. The molecule has 4 heterocycles. The van der Waals surface area contributed by atoms with E-state index in [1.165, 1.54) is 12.1 Å². The number of carbonyl (C=O) groups is 2. The molecule has 2 N–H and O–H groups in total. The summed E-state index contributed by atoms with van der Waals surface area (Å²) in [6.07, 6.45) is 4.08. The lowest BCUT2D eigenvalue weighted by molar-refractivity contribution is -0.133. The van der Waals surface area contributed by atoms with Gasteiger partial charge in [0.25, 0.3) is 0 Å². The molecule has 0 aliphatic carbocycles. The number of likely N-dealkylation sites (N-methyl/N-ethyl adjacent to an activating group) is 1. The fourth-order valence-corrected chi connectivity index (χ4v) is 6.70. The first-order valence-electron chi connectivity index (χ1n) is 16.1. The number of benzene rings is 3. The monoisotopic (exact) mass is 647 g/mol. The zero-order valence-corrected chi connectivity index (χ0v) is 27.1. The Bertz CT molecular complexity index is 1910. The van der Waals surface area contributed by atoms with Crippen LogP contribution in [0.1, 0.15) is 6.42 Å². The van der Waals surface area contributed by atoms with Gasteiger partial charge in [-0.15, -0.1) is 0 Å². The first-order valence-corrected chi connectivity index (χ1v) is 16.1. The first kappa shape index (κ1) is 31.4. The minimum Gasteiger partial charge on any atom is -0.368 e. The van der Waals surface area contributed by atoms with E-state index in [2.05, 4.69) is 47.4 Å². The molecular weight excluding hydrogens is 609 g/mol. The number of hydrogen-bond acceptors (Lipinski definition) is 8. The van der Waals surface area contributed by atoms with Crippen LogP contribution >= 0.6 is 0 Å². The number of hydrogen-bond donors (Lipinski definition) is 2. The third-order valence-corrected chi connectivity index (χ3v) is 9.59. The fraction of sp³-hybridized carbons (Fsp3) is 0.306. The van der Waals surface area contributed by atoms with Crippen molar-refractivity contribution in [2.45, 2.75) is 12.0 Å². The maximum atomic E-state index is 13.9. The van der Waals surface area contributed by atoms with Crippen molar-refractivity contribution in [3.8, 4) is 22.6 Å². The highest BCUT2D eigenvalue weighted by molar-refractivity contribution is 6.02. The van der Waals surface area contributed by atoms with Gasteiger partial charge in [0.1, 0.15) is 11.4 Å². The summed E-state index contributed by atoms with van der Waals surface area (Å²) in [5, 5.41) is 11.4. The third-order valence-electron chi connectivity index (χ3n) is 9.59. The number of rotatable bonds is 8. The normalized spacial score (nSPS) is 18.5. The van der Waals surface area contributed by atoms with Crippen LogP contribution in [0.5, 0.6) is 0 Å². The van der Waals surface area contributed by atoms with Gasteiger partial charge < -0.3 is 15.1 Å². The number of H-pyrrole nitrogens is 1. The summed E-state index contributed by atoms with van der Waals surface area (Å²) in [4.78, 5) is 44.2. The maximum Gasteiger partial charge on any atom is 0.246 e. The Labute approximate surface area is 278 Å². The van der Waals surface area contributed by atoms with Gasteiger partial charge in [-0.25, -0.2) is 14.4 Å². The van der Waals surface area contributed by atoms with Gasteiger partial charge in [0.15, 0.2) is 5.82 Å². The van der Waals surface area contributed by atoms with Crippen molar-refractivity contribution >= 4 is 34.1 Å². The molecule has 2 aliphatic heterocycles. The van der Waals surface area contributed by atoms with Crippen LogP contribution in [0, 0.1) is 5.82 Å². The Balaban J connectivity index is 0.957. The molecule has 2 aliphatic rings. The first-order chi connectivity index (χ1) is 23.3. The van der Waals surface area contributed by atoms with E-state index in [1.807, 2.05) is 54.2 Å². The molecule has 2 saturated heterocycles. The number of aromatic nitrogens is 4. The minimum atomic E-state index is -0.791. The van der Waals surface area contributed by atoms with Gasteiger partial charge in [-0.2, -0.15) is 5.10 Å². The van der Waals surface area contributed by atoms with Crippen molar-refractivity contribution in [1.29, 1.82) is 0 Å². The zero-order valence-electron chi connectivity index (χ0n) is 27.1.